The van der Waals surface area contributed by atoms with Crippen LogP contribution in [0.25, 0.3) is 0 Å². The van der Waals surface area contributed by atoms with Crippen LogP contribution in [0, 0.1) is 5.92 Å². The Balaban J connectivity index is 2.74. The molecule has 0 bridgehead atoms. The van der Waals surface area contributed by atoms with Crippen molar-refractivity contribution in [2.24, 2.45) is 5.92 Å². The summed E-state index contributed by atoms with van der Waals surface area (Å²) < 4.78 is 4.93. The second kappa shape index (κ2) is 7.79. The summed E-state index contributed by atoms with van der Waals surface area (Å²) in [5, 5.41) is 2.85. The maximum Gasteiger partial charge on any atom is 0.317 e. The smallest absolute Gasteiger partial charge is 0.317 e. The molecule has 1 aromatic rings. The van der Waals surface area contributed by atoms with Gasteiger partial charge in [0.1, 0.15) is 0 Å². The van der Waals surface area contributed by atoms with E-state index in [9.17, 15) is 4.79 Å². The minimum atomic E-state index is -0.0698. The molecule has 0 fully saturated rings. The molecule has 19 heavy (non-hydrogen) atoms. The second-order valence-electron chi connectivity index (χ2n) is 4.94. The van der Waals surface area contributed by atoms with E-state index in [1.807, 2.05) is 25.2 Å². The predicted molar refractivity (Wildman–Crippen MR) is 77.1 cm³/mol. The lowest BCUT2D eigenvalue weighted by atomic mass is 9.95. The summed E-state index contributed by atoms with van der Waals surface area (Å²) in [5.74, 6) is 0.348. The van der Waals surface area contributed by atoms with Gasteiger partial charge in [0.2, 0.25) is 0 Å². The number of urea groups is 1. The molecule has 0 aliphatic carbocycles. The van der Waals surface area contributed by atoms with Crippen LogP contribution in [0.1, 0.15) is 25.5 Å². The predicted octanol–water partition coefficient (Wildman–Crippen LogP) is 2.67. The molecule has 0 aliphatic rings. The van der Waals surface area contributed by atoms with Gasteiger partial charge < -0.3 is 15.0 Å². The monoisotopic (exact) mass is 264 g/mol. The molecule has 0 spiro atoms. The lowest BCUT2D eigenvalue weighted by molar-refractivity contribution is 0.163. The number of nitrogens with one attached hydrogen (secondary N) is 1. The molecule has 1 rings (SSSR count). The van der Waals surface area contributed by atoms with Crippen molar-refractivity contribution in [1.82, 2.24) is 10.2 Å². The van der Waals surface area contributed by atoms with Crippen molar-refractivity contribution < 1.29 is 9.53 Å². The molecule has 4 heteroatoms. The summed E-state index contributed by atoms with van der Waals surface area (Å²) >= 11 is 0. The molecular formula is C15H24N2O2. The largest absolute Gasteiger partial charge is 0.383 e. The Hall–Kier alpha value is -1.55. The SMILES string of the molecule is COCCNC(=O)N(C)C(c1ccccc1)C(C)C. The highest BCUT2D eigenvalue weighted by Gasteiger charge is 2.24. The number of rotatable bonds is 6. The van der Waals surface area contributed by atoms with Crippen LogP contribution < -0.4 is 5.32 Å². The Bertz CT molecular complexity index is 379. The molecule has 1 unspecified atom stereocenters. The molecule has 0 heterocycles. The zero-order valence-corrected chi connectivity index (χ0v) is 12.2. The first kappa shape index (κ1) is 15.5. The second-order valence-corrected chi connectivity index (χ2v) is 4.94. The van der Waals surface area contributed by atoms with Crippen LogP contribution in [-0.4, -0.2) is 38.2 Å². The molecular weight excluding hydrogens is 240 g/mol. The maximum absolute atomic E-state index is 12.1. The van der Waals surface area contributed by atoms with Gasteiger partial charge in [-0.05, 0) is 11.5 Å². The van der Waals surface area contributed by atoms with Gasteiger partial charge >= 0.3 is 6.03 Å². The Kier molecular flexibility index (Phi) is 6.36. The van der Waals surface area contributed by atoms with Crippen LogP contribution >= 0.6 is 0 Å². The van der Waals surface area contributed by atoms with Crippen molar-refractivity contribution >= 4 is 6.03 Å². The quantitative estimate of drug-likeness (QED) is 0.803. The molecule has 0 saturated carbocycles. The van der Waals surface area contributed by atoms with Crippen molar-refractivity contribution in [3.63, 3.8) is 0 Å². The topological polar surface area (TPSA) is 41.6 Å². The average molecular weight is 264 g/mol. The molecule has 2 amide bonds. The van der Waals surface area contributed by atoms with Gasteiger partial charge in [0.25, 0.3) is 0 Å². The van der Waals surface area contributed by atoms with E-state index in [4.69, 9.17) is 4.74 Å². The number of methoxy groups -OCH3 is 1. The standard InChI is InChI=1S/C15H24N2O2/c1-12(2)14(13-8-6-5-7-9-13)17(3)15(18)16-10-11-19-4/h5-9,12,14H,10-11H2,1-4H3,(H,16,18). The minimum absolute atomic E-state index is 0.0698. The van der Waals surface area contributed by atoms with E-state index in [0.717, 1.165) is 5.56 Å². The van der Waals surface area contributed by atoms with Crippen LogP contribution in [0.3, 0.4) is 0 Å². The summed E-state index contributed by atoms with van der Waals surface area (Å²) in [7, 11) is 3.45. The van der Waals surface area contributed by atoms with E-state index >= 15 is 0 Å². The number of ether oxygens (including phenoxy) is 1. The van der Waals surface area contributed by atoms with Crippen molar-refractivity contribution in [2.75, 3.05) is 27.3 Å². The first-order chi connectivity index (χ1) is 9.07. The first-order valence-electron chi connectivity index (χ1n) is 6.62. The fraction of sp³-hybridized carbons (Fsp3) is 0.533. The number of hydrogen-bond acceptors (Lipinski definition) is 2. The van der Waals surface area contributed by atoms with Gasteiger partial charge in [-0.3, -0.25) is 0 Å². The van der Waals surface area contributed by atoms with Crippen LogP contribution in [-0.2, 0) is 4.74 Å². The minimum Gasteiger partial charge on any atom is -0.383 e. The van der Waals surface area contributed by atoms with Crippen molar-refractivity contribution in [1.29, 1.82) is 0 Å². The van der Waals surface area contributed by atoms with Gasteiger partial charge in [0.15, 0.2) is 0 Å². The van der Waals surface area contributed by atoms with E-state index < -0.39 is 0 Å². The van der Waals surface area contributed by atoms with Crippen LogP contribution in [0.4, 0.5) is 4.79 Å². The molecule has 1 atom stereocenters. The number of hydrogen-bond donors (Lipinski definition) is 1. The highest BCUT2D eigenvalue weighted by Crippen LogP contribution is 2.27. The molecule has 4 nitrogen and oxygen atoms in total. The highest BCUT2D eigenvalue weighted by molar-refractivity contribution is 5.74. The fourth-order valence-electron chi connectivity index (χ4n) is 2.22. The Morgan fingerprint density at radius 1 is 1.32 bits per heavy atom. The third-order valence-corrected chi connectivity index (χ3v) is 3.09. The summed E-state index contributed by atoms with van der Waals surface area (Å²) in [6.45, 7) is 5.30. The van der Waals surface area contributed by atoms with Gasteiger partial charge in [-0.2, -0.15) is 0 Å². The van der Waals surface area contributed by atoms with Gasteiger partial charge in [-0.15, -0.1) is 0 Å². The number of amides is 2. The summed E-state index contributed by atoms with van der Waals surface area (Å²) in [5.41, 5.74) is 1.15. The van der Waals surface area contributed by atoms with Crippen LogP contribution in [0.5, 0.6) is 0 Å². The Morgan fingerprint density at radius 2 is 1.95 bits per heavy atom. The van der Waals surface area contributed by atoms with E-state index in [1.165, 1.54) is 0 Å². The van der Waals surface area contributed by atoms with E-state index in [1.54, 1.807) is 12.0 Å². The Labute approximate surface area is 115 Å². The Morgan fingerprint density at radius 3 is 2.47 bits per heavy atom. The maximum atomic E-state index is 12.1. The highest BCUT2D eigenvalue weighted by atomic mass is 16.5. The average Bonchev–Trinajstić information content (AvgIpc) is 2.39. The molecule has 0 aliphatic heterocycles. The van der Waals surface area contributed by atoms with Crippen LogP contribution in [0.15, 0.2) is 30.3 Å². The fourth-order valence-corrected chi connectivity index (χ4v) is 2.22. The number of carbonyl (C=O) groups is 1. The summed E-state index contributed by atoms with van der Waals surface area (Å²) in [6.07, 6.45) is 0. The van der Waals surface area contributed by atoms with Crippen molar-refractivity contribution in [3.8, 4) is 0 Å². The van der Waals surface area contributed by atoms with E-state index in [2.05, 4.69) is 31.3 Å². The zero-order valence-electron chi connectivity index (χ0n) is 12.2. The first-order valence-corrected chi connectivity index (χ1v) is 6.62. The molecule has 0 radical (unpaired) electrons. The molecule has 106 valence electrons. The van der Waals surface area contributed by atoms with Gasteiger partial charge in [-0.1, -0.05) is 44.2 Å². The van der Waals surface area contributed by atoms with Crippen LogP contribution in [0.2, 0.25) is 0 Å². The lowest BCUT2D eigenvalue weighted by Gasteiger charge is -2.31. The number of carbonyl (C=O) groups excluding carboxylic acids is 1. The molecule has 1 aromatic carbocycles. The molecule has 0 aromatic heterocycles. The number of benzene rings is 1. The van der Waals surface area contributed by atoms with Crippen molar-refractivity contribution in [2.45, 2.75) is 19.9 Å². The summed E-state index contributed by atoms with van der Waals surface area (Å²) in [4.78, 5) is 13.9. The van der Waals surface area contributed by atoms with Gasteiger partial charge in [0.05, 0.1) is 12.6 Å². The summed E-state index contributed by atoms with van der Waals surface area (Å²) in [6, 6.07) is 10.1. The normalized spacial score (nSPS) is 12.3. The zero-order chi connectivity index (χ0) is 14.3. The number of nitrogens with zero attached hydrogens (tertiary/aromatic N) is 1. The molecule has 0 saturated heterocycles. The van der Waals surface area contributed by atoms with Gasteiger partial charge in [0, 0.05) is 20.7 Å². The molecule has 1 N–H and O–H groups in total. The third-order valence-electron chi connectivity index (χ3n) is 3.09. The lowest BCUT2D eigenvalue weighted by Crippen LogP contribution is -2.42. The van der Waals surface area contributed by atoms with Crippen molar-refractivity contribution in [3.05, 3.63) is 35.9 Å². The third kappa shape index (κ3) is 4.56. The van der Waals surface area contributed by atoms with E-state index in [0.29, 0.717) is 19.1 Å². The van der Waals surface area contributed by atoms with E-state index in [-0.39, 0.29) is 12.1 Å². The van der Waals surface area contributed by atoms with Gasteiger partial charge in [-0.25, -0.2) is 4.79 Å².